The molecule has 0 aliphatic rings. The summed E-state index contributed by atoms with van der Waals surface area (Å²) in [6.45, 7) is 4.05. The molecule has 0 aliphatic heterocycles. The fourth-order valence-corrected chi connectivity index (χ4v) is 3.74. The molecule has 3 aromatic carbocycles. The van der Waals surface area contributed by atoms with E-state index in [-0.39, 0.29) is 11.6 Å². The van der Waals surface area contributed by atoms with Gasteiger partial charge in [0.25, 0.3) is 5.69 Å². The first kappa shape index (κ1) is 25.1. The van der Waals surface area contributed by atoms with E-state index in [0.29, 0.717) is 29.0 Å². The second kappa shape index (κ2) is 11.2. The number of benzene rings is 3. The van der Waals surface area contributed by atoms with Crippen LogP contribution in [0.3, 0.4) is 0 Å². The molecule has 39 heavy (non-hydrogen) atoms. The number of non-ortho nitro benzene ring substituents is 1. The molecule has 2 aromatic heterocycles. The molecular weight excluding hydrogens is 496 g/mol. The Morgan fingerprint density at radius 3 is 2.28 bits per heavy atom. The highest BCUT2D eigenvalue weighted by Crippen LogP contribution is 2.25. The summed E-state index contributed by atoms with van der Waals surface area (Å²) in [6, 6.07) is 25.3. The third-order valence-corrected chi connectivity index (χ3v) is 5.64. The van der Waals surface area contributed by atoms with Crippen molar-refractivity contribution in [1.29, 1.82) is 0 Å². The summed E-state index contributed by atoms with van der Waals surface area (Å²) >= 11 is 0. The van der Waals surface area contributed by atoms with E-state index in [1.165, 1.54) is 18.3 Å². The molecule has 0 saturated heterocycles. The van der Waals surface area contributed by atoms with E-state index >= 15 is 0 Å². The zero-order valence-corrected chi connectivity index (χ0v) is 21.1. The Kier molecular flexibility index (Phi) is 7.21. The highest BCUT2D eigenvalue weighted by atomic mass is 16.6. The lowest BCUT2D eigenvalue weighted by atomic mass is 10.1. The van der Waals surface area contributed by atoms with E-state index in [1.54, 1.807) is 24.3 Å². The molecule has 5 aromatic rings. The molecule has 3 N–H and O–H groups in total. The maximum Gasteiger partial charge on any atom is 0.269 e. The summed E-state index contributed by atoms with van der Waals surface area (Å²) in [4.78, 5) is 23.8. The lowest BCUT2D eigenvalue weighted by molar-refractivity contribution is -0.384. The van der Waals surface area contributed by atoms with E-state index in [2.05, 4.69) is 42.2 Å². The summed E-state index contributed by atoms with van der Waals surface area (Å²) in [5, 5.41) is 21.5. The SMILES string of the molecule is Cc1ccc(Nc2nc(N/N=C\c3ccc(-c4ccc([N+](=O)[O-])cc4)o3)nc(Nc3ccccc3)n2)c(C)c1. The summed E-state index contributed by atoms with van der Waals surface area (Å²) < 4.78 is 5.80. The number of nitrogens with zero attached hydrogens (tertiary/aromatic N) is 5. The van der Waals surface area contributed by atoms with Crippen molar-refractivity contribution in [3.63, 3.8) is 0 Å². The minimum atomic E-state index is -0.444. The topological polar surface area (TPSA) is 143 Å². The van der Waals surface area contributed by atoms with Gasteiger partial charge in [0, 0.05) is 29.1 Å². The average Bonchev–Trinajstić information content (AvgIpc) is 3.40. The molecule has 5 rings (SSSR count). The van der Waals surface area contributed by atoms with Gasteiger partial charge >= 0.3 is 0 Å². The number of hydrazone groups is 1. The number of furan rings is 1. The summed E-state index contributed by atoms with van der Waals surface area (Å²) in [5.74, 6) is 1.92. The average molecular weight is 521 g/mol. The molecule has 0 radical (unpaired) electrons. The normalized spacial score (nSPS) is 10.9. The highest BCUT2D eigenvalue weighted by molar-refractivity contribution is 5.78. The monoisotopic (exact) mass is 520 g/mol. The number of aryl methyl sites for hydroxylation is 2. The van der Waals surface area contributed by atoms with E-state index < -0.39 is 4.92 Å². The molecule has 0 spiro atoms. The van der Waals surface area contributed by atoms with Crippen LogP contribution in [0.4, 0.5) is 34.9 Å². The number of aromatic nitrogens is 3. The minimum Gasteiger partial charge on any atom is -0.455 e. The molecule has 0 fully saturated rings. The van der Waals surface area contributed by atoms with Crippen LogP contribution < -0.4 is 16.1 Å². The van der Waals surface area contributed by atoms with Crippen LogP contribution in [-0.2, 0) is 0 Å². The molecule has 0 amide bonds. The summed E-state index contributed by atoms with van der Waals surface area (Å²) in [7, 11) is 0. The van der Waals surface area contributed by atoms with Crippen molar-refractivity contribution in [2.75, 3.05) is 16.1 Å². The zero-order valence-electron chi connectivity index (χ0n) is 21.1. The Labute approximate surface area is 223 Å². The smallest absolute Gasteiger partial charge is 0.269 e. The van der Waals surface area contributed by atoms with Crippen molar-refractivity contribution in [1.82, 2.24) is 15.0 Å². The highest BCUT2D eigenvalue weighted by Gasteiger charge is 2.10. The fraction of sp³-hybridized carbons (Fsp3) is 0.0714. The lowest BCUT2D eigenvalue weighted by Crippen LogP contribution is -2.07. The van der Waals surface area contributed by atoms with Crippen LogP contribution in [0.2, 0.25) is 0 Å². The van der Waals surface area contributed by atoms with E-state index in [9.17, 15) is 10.1 Å². The Bertz CT molecular complexity index is 1630. The molecule has 0 unspecified atom stereocenters. The Morgan fingerprint density at radius 2 is 1.56 bits per heavy atom. The molecule has 2 heterocycles. The van der Waals surface area contributed by atoms with Gasteiger partial charge in [-0.2, -0.15) is 20.1 Å². The summed E-state index contributed by atoms with van der Waals surface area (Å²) in [5.41, 5.74) is 7.47. The Hall–Kier alpha value is -5.58. The largest absolute Gasteiger partial charge is 0.455 e. The van der Waals surface area contributed by atoms with Crippen molar-refractivity contribution in [3.05, 3.63) is 112 Å². The number of hydrogen-bond donors (Lipinski definition) is 3. The van der Waals surface area contributed by atoms with Gasteiger partial charge in [0.2, 0.25) is 17.8 Å². The predicted octanol–water partition coefficient (Wildman–Crippen LogP) is 6.59. The summed E-state index contributed by atoms with van der Waals surface area (Å²) in [6.07, 6.45) is 1.49. The first-order valence-electron chi connectivity index (χ1n) is 12.0. The van der Waals surface area contributed by atoms with Crippen molar-refractivity contribution < 1.29 is 9.34 Å². The van der Waals surface area contributed by atoms with E-state index in [4.69, 9.17) is 4.42 Å². The van der Waals surface area contributed by atoms with Gasteiger partial charge in [-0.25, -0.2) is 5.43 Å². The molecule has 0 bridgehead atoms. The van der Waals surface area contributed by atoms with E-state index in [1.807, 2.05) is 56.3 Å². The van der Waals surface area contributed by atoms with Gasteiger partial charge in [0.1, 0.15) is 11.5 Å². The van der Waals surface area contributed by atoms with Crippen LogP contribution in [-0.4, -0.2) is 26.1 Å². The van der Waals surface area contributed by atoms with Crippen molar-refractivity contribution >= 4 is 41.1 Å². The zero-order chi connectivity index (χ0) is 27.2. The quantitative estimate of drug-likeness (QED) is 0.111. The molecule has 11 nitrogen and oxygen atoms in total. The van der Waals surface area contributed by atoms with Gasteiger partial charge in [-0.15, -0.1) is 0 Å². The number of anilines is 5. The number of nitrogens with one attached hydrogen (secondary N) is 3. The number of hydrogen-bond acceptors (Lipinski definition) is 10. The first-order valence-corrected chi connectivity index (χ1v) is 12.0. The third-order valence-electron chi connectivity index (χ3n) is 5.64. The minimum absolute atomic E-state index is 0.0150. The van der Waals surface area contributed by atoms with Gasteiger partial charge in [0.15, 0.2) is 0 Å². The number of rotatable bonds is 9. The van der Waals surface area contributed by atoms with Gasteiger partial charge in [0.05, 0.1) is 11.1 Å². The number of nitro benzene ring substituents is 1. The fourth-order valence-electron chi connectivity index (χ4n) is 3.74. The third kappa shape index (κ3) is 6.41. The second-order valence-electron chi connectivity index (χ2n) is 8.62. The lowest BCUT2D eigenvalue weighted by Gasteiger charge is -2.12. The van der Waals surface area contributed by atoms with Gasteiger partial charge < -0.3 is 15.1 Å². The predicted molar refractivity (Wildman–Crippen MR) is 151 cm³/mol. The molecule has 0 aliphatic carbocycles. The molecule has 194 valence electrons. The molecule has 0 saturated carbocycles. The van der Waals surface area contributed by atoms with E-state index in [0.717, 1.165) is 22.5 Å². The van der Waals surface area contributed by atoms with Gasteiger partial charge in [-0.3, -0.25) is 10.1 Å². The molecule has 0 atom stereocenters. The van der Waals surface area contributed by atoms with Gasteiger partial charge in [-0.05, 0) is 61.9 Å². The van der Waals surface area contributed by atoms with Crippen LogP contribution >= 0.6 is 0 Å². The van der Waals surface area contributed by atoms with Crippen molar-refractivity contribution in [2.45, 2.75) is 13.8 Å². The van der Waals surface area contributed by atoms with Crippen LogP contribution in [0.1, 0.15) is 16.9 Å². The Balaban J connectivity index is 1.34. The van der Waals surface area contributed by atoms with Crippen LogP contribution in [0.5, 0.6) is 0 Å². The second-order valence-corrected chi connectivity index (χ2v) is 8.62. The molecular formula is C28H24N8O3. The van der Waals surface area contributed by atoms with Crippen LogP contribution in [0.15, 0.2) is 94.4 Å². The maximum atomic E-state index is 10.9. The van der Waals surface area contributed by atoms with Crippen LogP contribution in [0, 0.1) is 24.0 Å². The van der Waals surface area contributed by atoms with Crippen molar-refractivity contribution in [3.8, 4) is 11.3 Å². The standard InChI is InChI=1S/C28H24N8O3/c1-18-8-14-24(19(2)16-18)31-27-32-26(30-21-6-4-3-5-7-21)33-28(34-27)35-29-17-23-13-15-25(39-23)20-9-11-22(12-10-20)36(37)38/h3-17H,1-2H3,(H3,30,31,32,33,34,35)/b29-17-. The first-order chi connectivity index (χ1) is 18.9. The maximum absolute atomic E-state index is 10.9. The molecule has 11 heteroatoms. The number of para-hydroxylation sites is 1. The van der Waals surface area contributed by atoms with Crippen molar-refractivity contribution in [2.24, 2.45) is 5.10 Å². The van der Waals surface area contributed by atoms with Crippen LogP contribution in [0.25, 0.3) is 11.3 Å². The number of nitro groups is 1. The Morgan fingerprint density at radius 1 is 0.846 bits per heavy atom. The van der Waals surface area contributed by atoms with Gasteiger partial charge in [-0.1, -0.05) is 35.9 Å².